The highest BCUT2D eigenvalue weighted by Crippen LogP contribution is 2.12. The summed E-state index contributed by atoms with van der Waals surface area (Å²) in [5, 5.41) is 9.04. The molecule has 3 N–H and O–H groups in total. The van der Waals surface area contributed by atoms with Crippen molar-refractivity contribution in [2.75, 3.05) is 32.7 Å². The van der Waals surface area contributed by atoms with Crippen LogP contribution in [0.5, 0.6) is 0 Å². The zero-order chi connectivity index (χ0) is 22.0. The number of aliphatic imine (C=N–C) groups is 1. The zero-order valence-corrected chi connectivity index (χ0v) is 21.3. The summed E-state index contributed by atoms with van der Waals surface area (Å²) >= 11 is 0. The molecule has 1 heterocycles. The smallest absolute Gasteiger partial charge is 0.407 e. The van der Waals surface area contributed by atoms with Gasteiger partial charge in [0, 0.05) is 26.2 Å². The lowest BCUT2D eigenvalue weighted by molar-refractivity contribution is -0.119. The highest BCUT2D eigenvalue weighted by atomic mass is 127. The third-order valence-corrected chi connectivity index (χ3v) is 4.49. The van der Waals surface area contributed by atoms with Crippen molar-refractivity contribution in [1.29, 1.82) is 0 Å². The minimum Gasteiger partial charge on any atom is -0.444 e. The van der Waals surface area contributed by atoms with Crippen LogP contribution in [0.25, 0.3) is 0 Å². The fourth-order valence-electron chi connectivity index (χ4n) is 3.16. The van der Waals surface area contributed by atoms with Gasteiger partial charge in [0.25, 0.3) is 0 Å². The summed E-state index contributed by atoms with van der Waals surface area (Å²) < 4.78 is 5.32. The topological polar surface area (TPSA) is 95.1 Å². The van der Waals surface area contributed by atoms with E-state index >= 15 is 0 Å². The van der Waals surface area contributed by atoms with Gasteiger partial charge in [-0.3, -0.25) is 4.79 Å². The van der Waals surface area contributed by atoms with Crippen molar-refractivity contribution in [2.45, 2.75) is 52.2 Å². The maximum Gasteiger partial charge on any atom is 0.407 e. The highest BCUT2D eigenvalue weighted by Gasteiger charge is 2.27. The van der Waals surface area contributed by atoms with Gasteiger partial charge >= 0.3 is 6.09 Å². The van der Waals surface area contributed by atoms with Gasteiger partial charge in [-0.15, -0.1) is 24.0 Å². The number of ether oxygens (including phenoxy) is 1. The van der Waals surface area contributed by atoms with Gasteiger partial charge in [0.1, 0.15) is 12.1 Å². The minimum absolute atomic E-state index is 0. The third-order valence-electron chi connectivity index (χ3n) is 4.49. The second-order valence-electron chi connectivity index (χ2n) is 8.33. The van der Waals surface area contributed by atoms with Crippen molar-refractivity contribution in [3.63, 3.8) is 0 Å². The number of halogens is 1. The van der Waals surface area contributed by atoms with Gasteiger partial charge in [-0.2, -0.15) is 0 Å². The fourth-order valence-corrected chi connectivity index (χ4v) is 3.16. The second kappa shape index (κ2) is 13.4. The van der Waals surface area contributed by atoms with Crippen LogP contribution in [0.4, 0.5) is 4.79 Å². The molecule has 0 radical (unpaired) electrons. The molecule has 0 aromatic heterocycles. The van der Waals surface area contributed by atoms with E-state index in [1.807, 2.05) is 58.0 Å². The molecule has 8 nitrogen and oxygen atoms in total. The molecule has 31 heavy (non-hydrogen) atoms. The Hall–Kier alpha value is -2.04. The predicted molar refractivity (Wildman–Crippen MR) is 134 cm³/mol. The fraction of sp³-hybridized carbons (Fsp3) is 0.591. The lowest BCUT2D eigenvalue weighted by atomic mass is 10.1. The first kappa shape index (κ1) is 27.0. The summed E-state index contributed by atoms with van der Waals surface area (Å²) in [6.45, 7) is 10.2. The minimum atomic E-state index is -0.521. The Kier molecular flexibility index (Phi) is 11.7. The van der Waals surface area contributed by atoms with Gasteiger partial charge in [-0.25, -0.2) is 9.79 Å². The molecule has 2 rings (SSSR count). The van der Waals surface area contributed by atoms with E-state index in [0.717, 1.165) is 19.4 Å². The summed E-state index contributed by atoms with van der Waals surface area (Å²) in [6.07, 6.45) is 1.18. The lowest BCUT2D eigenvalue weighted by Crippen LogP contribution is -2.44. The molecule has 1 aliphatic heterocycles. The van der Waals surface area contributed by atoms with Crippen molar-refractivity contribution >= 4 is 41.9 Å². The number of carbonyl (C=O) groups is 2. The van der Waals surface area contributed by atoms with Crippen LogP contribution in [0.1, 0.15) is 39.7 Å². The van der Waals surface area contributed by atoms with Gasteiger partial charge in [0.15, 0.2) is 5.96 Å². The molecule has 1 aromatic carbocycles. The van der Waals surface area contributed by atoms with Crippen LogP contribution in [0.15, 0.2) is 35.3 Å². The number of guanidine groups is 1. The van der Waals surface area contributed by atoms with Gasteiger partial charge < -0.3 is 25.6 Å². The van der Waals surface area contributed by atoms with E-state index in [-0.39, 0.29) is 42.5 Å². The Balaban J connectivity index is 0.00000480. The maximum atomic E-state index is 12.2. The van der Waals surface area contributed by atoms with E-state index in [1.165, 1.54) is 5.56 Å². The molecule has 9 heteroatoms. The number of hydrogen-bond acceptors (Lipinski definition) is 4. The summed E-state index contributed by atoms with van der Waals surface area (Å²) in [4.78, 5) is 30.7. The molecule has 1 fully saturated rings. The zero-order valence-electron chi connectivity index (χ0n) is 18.9. The van der Waals surface area contributed by atoms with E-state index < -0.39 is 11.7 Å². The number of benzene rings is 1. The maximum absolute atomic E-state index is 12.2. The Bertz CT molecular complexity index is 722. The summed E-state index contributed by atoms with van der Waals surface area (Å²) in [6, 6.07) is 10.0. The SMILES string of the molecule is CCNC(=NCC(=O)NCCc1ccccc1)N1CCC(NC(=O)OC(C)(C)C)C1.I. The summed E-state index contributed by atoms with van der Waals surface area (Å²) in [5.41, 5.74) is 0.669. The molecule has 1 atom stereocenters. The number of carbonyl (C=O) groups excluding carboxylic acids is 2. The monoisotopic (exact) mass is 545 g/mol. The molecule has 0 spiro atoms. The molecule has 2 amide bonds. The van der Waals surface area contributed by atoms with E-state index in [2.05, 4.69) is 25.8 Å². The number of nitrogens with one attached hydrogen (secondary N) is 3. The van der Waals surface area contributed by atoms with Crippen LogP contribution in [0.2, 0.25) is 0 Å². The predicted octanol–water partition coefficient (Wildman–Crippen LogP) is 2.53. The quantitative estimate of drug-likeness (QED) is 0.278. The molecule has 0 saturated carbocycles. The second-order valence-corrected chi connectivity index (χ2v) is 8.33. The summed E-state index contributed by atoms with van der Waals surface area (Å²) in [5.74, 6) is 0.577. The van der Waals surface area contributed by atoms with E-state index in [0.29, 0.717) is 25.6 Å². The molecule has 1 saturated heterocycles. The summed E-state index contributed by atoms with van der Waals surface area (Å²) in [7, 11) is 0. The number of amides is 2. The third kappa shape index (κ3) is 10.7. The van der Waals surface area contributed by atoms with Gasteiger partial charge in [0.05, 0.1) is 6.04 Å². The highest BCUT2D eigenvalue weighted by molar-refractivity contribution is 14.0. The molecule has 1 unspecified atom stereocenters. The van der Waals surface area contributed by atoms with E-state index in [1.54, 1.807) is 0 Å². The molecular formula is C22H36IN5O3. The van der Waals surface area contributed by atoms with Crippen LogP contribution in [-0.4, -0.2) is 67.2 Å². The molecule has 0 aliphatic carbocycles. The Morgan fingerprint density at radius 1 is 1.19 bits per heavy atom. The van der Waals surface area contributed by atoms with Crippen molar-refractivity contribution in [3.05, 3.63) is 35.9 Å². The van der Waals surface area contributed by atoms with Gasteiger partial charge in [-0.05, 0) is 46.1 Å². The van der Waals surface area contributed by atoms with Crippen LogP contribution in [-0.2, 0) is 16.0 Å². The molecule has 174 valence electrons. The largest absolute Gasteiger partial charge is 0.444 e. The number of likely N-dealkylation sites (tertiary alicyclic amines) is 1. The average molecular weight is 545 g/mol. The van der Waals surface area contributed by atoms with Crippen LogP contribution in [0, 0.1) is 0 Å². The van der Waals surface area contributed by atoms with E-state index in [4.69, 9.17) is 4.74 Å². The van der Waals surface area contributed by atoms with Crippen molar-refractivity contribution < 1.29 is 14.3 Å². The molecule has 1 aliphatic rings. The first-order chi connectivity index (χ1) is 14.3. The van der Waals surface area contributed by atoms with Gasteiger partial charge in [-0.1, -0.05) is 30.3 Å². The number of nitrogens with zero attached hydrogens (tertiary/aromatic N) is 2. The molecule has 0 bridgehead atoms. The van der Waals surface area contributed by atoms with Crippen molar-refractivity contribution in [3.8, 4) is 0 Å². The van der Waals surface area contributed by atoms with Crippen LogP contribution in [0.3, 0.4) is 0 Å². The average Bonchev–Trinajstić information content (AvgIpc) is 3.12. The first-order valence-corrected chi connectivity index (χ1v) is 10.6. The lowest BCUT2D eigenvalue weighted by Gasteiger charge is -2.23. The van der Waals surface area contributed by atoms with Crippen LogP contribution < -0.4 is 16.0 Å². The number of hydrogen-bond donors (Lipinski definition) is 3. The van der Waals surface area contributed by atoms with Gasteiger partial charge in [0.2, 0.25) is 5.91 Å². The van der Waals surface area contributed by atoms with E-state index in [9.17, 15) is 9.59 Å². The normalized spacial score (nSPS) is 16.3. The number of rotatable bonds is 7. The standard InChI is InChI=1S/C22H35N5O3.HI/c1-5-23-20(25-15-19(28)24-13-11-17-9-7-6-8-10-17)27-14-12-18(16-27)26-21(29)30-22(2,3)4;/h6-10,18H,5,11-16H2,1-4H3,(H,23,25)(H,24,28)(H,26,29);1H. The Labute approximate surface area is 202 Å². The Morgan fingerprint density at radius 2 is 1.90 bits per heavy atom. The Morgan fingerprint density at radius 3 is 2.55 bits per heavy atom. The van der Waals surface area contributed by atoms with Crippen molar-refractivity contribution in [2.24, 2.45) is 4.99 Å². The molecular weight excluding hydrogens is 509 g/mol. The van der Waals surface area contributed by atoms with Crippen LogP contribution >= 0.6 is 24.0 Å². The first-order valence-electron chi connectivity index (χ1n) is 10.6. The number of alkyl carbamates (subject to hydrolysis) is 1. The van der Waals surface area contributed by atoms with Crippen molar-refractivity contribution in [1.82, 2.24) is 20.9 Å². The molecule has 1 aromatic rings.